The number of ether oxygens (including phenoxy) is 1. The summed E-state index contributed by atoms with van der Waals surface area (Å²) in [5.74, 6) is -1.03. The number of nitrogens with one attached hydrogen (secondary N) is 1. The predicted molar refractivity (Wildman–Crippen MR) is 88.9 cm³/mol. The van der Waals surface area contributed by atoms with E-state index in [4.69, 9.17) is 4.74 Å². The summed E-state index contributed by atoms with van der Waals surface area (Å²) in [6.07, 6.45) is 0. The number of aryl methyl sites for hydroxylation is 1. The number of hydrogen-bond donors (Lipinski definition) is 1. The molecule has 0 spiro atoms. The Bertz CT molecular complexity index is 707. The van der Waals surface area contributed by atoms with E-state index in [1.165, 1.54) is 31.0 Å². The zero-order chi connectivity index (χ0) is 16.8. The van der Waals surface area contributed by atoms with Gasteiger partial charge in [-0.3, -0.25) is 4.79 Å². The summed E-state index contributed by atoms with van der Waals surface area (Å²) in [4.78, 5) is 12.0. The third kappa shape index (κ3) is 4.69. The van der Waals surface area contributed by atoms with Crippen molar-refractivity contribution in [1.29, 1.82) is 0 Å². The van der Waals surface area contributed by atoms with Gasteiger partial charge in [0.1, 0.15) is 5.75 Å². The highest BCUT2D eigenvalue weighted by Gasteiger charge is 2.10. The molecule has 0 unspecified atom stereocenters. The fraction of sp³-hybridized carbons (Fsp3) is 0.235. The van der Waals surface area contributed by atoms with Crippen molar-refractivity contribution >= 4 is 23.4 Å². The Morgan fingerprint density at radius 3 is 2.78 bits per heavy atom. The summed E-state index contributed by atoms with van der Waals surface area (Å²) in [5.41, 5.74) is 1.83. The van der Waals surface area contributed by atoms with E-state index in [1.54, 1.807) is 6.07 Å². The number of carbonyl (C=O) groups excluding carboxylic acids is 1. The average Bonchev–Trinajstić information content (AvgIpc) is 2.52. The van der Waals surface area contributed by atoms with Gasteiger partial charge in [-0.1, -0.05) is 18.2 Å². The van der Waals surface area contributed by atoms with Gasteiger partial charge in [0.05, 0.1) is 18.6 Å². The van der Waals surface area contributed by atoms with Gasteiger partial charge in [0.25, 0.3) is 0 Å². The molecule has 1 N–H and O–H groups in total. The average molecular weight is 337 g/mol. The van der Waals surface area contributed by atoms with Crippen molar-refractivity contribution in [1.82, 2.24) is 0 Å². The first-order chi connectivity index (χ1) is 11.0. The van der Waals surface area contributed by atoms with Crippen molar-refractivity contribution in [2.75, 3.05) is 18.2 Å². The lowest BCUT2D eigenvalue weighted by Crippen LogP contribution is -2.15. The molecular formula is C17H17F2NO2S. The van der Waals surface area contributed by atoms with Gasteiger partial charge in [0.15, 0.2) is 11.6 Å². The van der Waals surface area contributed by atoms with Crippen LogP contribution in [0.2, 0.25) is 0 Å². The van der Waals surface area contributed by atoms with Gasteiger partial charge < -0.3 is 10.1 Å². The molecule has 3 nitrogen and oxygen atoms in total. The normalized spacial score (nSPS) is 10.4. The van der Waals surface area contributed by atoms with E-state index in [1.807, 2.05) is 19.1 Å². The lowest BCUT2D eigenvalue weighted by atomic mass is 10.2. The van der Waals surface area contributed by atoms with Gasteiger partial charge in [-0.05, 0) is 30.7 Å². The van der Waals surface area contributed by atoms with Gasteiger partial charge in [-0.15, -0.1) is 11.8 Å². The molecule has 0 heterocycles. The van der Waals surface area contributed by atoms with Crippen LogP contribution in [-0.2, 0) is 10.5 Å². The Kier molecular flexibility index (Phi) is 5.98. The van der Waals surface area contributed by atoms with E-state index in [0.717, 1.165) is 11.6 Å². The minimum Gasteiger partial charge on any atom is -0.495 e. The zero-order valence-electron chi connectivity index (χ0n) is 12.9. The fourth-order valence-electron chi connectivity index (χ4n) is 2.02. The lowest BCUT2D eigenvalue weighted by Gasteiger charge is -2.11. The minimum absolute atomic E-state index is 0.132. The van der Waals surface area contributed by atoms with Gasteiger partial charge in [0, 0.05) is 11.3 Å². The summed E-state index contributed by atoms with van der Waals surface area (Å²) in [7, 11) is 1.53. The summed E-state index contributed by atoms with van der Waals surface area (Å²) in [5, 5.41) is 2.76. The SMILES string of the molecule is COc1ccc(C)cc1NC(=O)CSCc1cccc(F)c1F. The molecular weight excluding hydrogens is 320 g/mol. The maximum absolute atomic E-state index is 13.5. The molecule has 6 heteroatoms. The first kappa shape index (κ1) is 17.3. The van der Waals surface area contributed by atoms with Crippen LogP contribution >= 0.6 is 11.8 Å². The number of benzene rings is 2. The molecule has 2 rings (SSSR count). The van der Waals surface area contributed by atoms with Gasteiger partial charge in [-0.25, -0.2) is 8.78 Å². The number of halogens is 2. The maximum atomic E-state index is 13.5. The molecule has 2 aromatic rings. The van der Waals surface area contributed by atoms with Crippen LogP contribution in [0.15, 0.2) is 36.4 Å². The topological polar surface area (TPSA) is 38.3 Å². The van der Waals surface area contributed by atoms with Gasteiger partial charge >= 0.3 is 0 Å². The van der Waals surface area contributed by atoms with Crippen LogP contribution in [0.4, 0.5) is 14.5 Å². The summed E-state index contributed by atoms with van der Waals surface area (Å²) in [6.45, 7) is 1.91. The van der Waals surface area contributed by atoms with Crippen LogP contribution < -0.4 is 10.1 Å². The monoisotopic (exact) mass is 337 g/mol. The van der Waals surface area contributed by atoms with E-state index in [0.29, 0.717) is 11.4 Å². The fourth-order valence-corrected chi connectivity index (χ4v) is 2.82. The van der Waals surface area contributed by atoms with Gasteiger partial charge in [0.2, 0.25) is 5.91 Å². The molecule has 122 valence electrons. The molecule has 0 atom stereocenters. The van der Waals surface area contributed by atoms with E-state index in [-0.39, 0.29) is 23.0 Å². The number of rotatable bonds is 6. The highest BCUT2D eigenvalue weighted by Crippen LogP contribution is 2.25. The number of thioether (sulfide) groups is 1. The van der Waals surface area contributed by atoms with Crippen molar-refractivity contribution in [3.8, 4) is 5.75 Å². The molecule has 23 heavy (non-hydrogen) atoms. The van der Waals surface area contributed by atoms with E-state index < -0.39 is 11.6 Å². The Hall–Kier alpha value is -2.08. The molecule has 0 saturated carbocycles. The van der Waals surface area contributed by atoms with E-state index in [9.17, 15) is 13.6 Å². The third-order valence-electron chi connectivity index (χ3n) is 3.15. The van der Waals surface area contributed by atoms with Crippen LogP contribution in [0, 0.1) is 18.6 Å². The Morgan fingerprint density at radius 2 is 2.04 bits per heavy atom. The molecule has 1 amide bonds. The quantitative estimate of drug-likeness (QED) is 0.860. The maximum Gasteiger partial charge on any atom is 0.234 e. The number of anilines is 1. The third-order valence-corrected chi connectivity index (χ3v) is 4.13. The van der Waals surface area contributed by atoms with Crippen molar-refractivity contribution < 1.29 is 18.3 Å². The summed E-state index contributed by atoms with van der Waals surface area (Å²) in [6, 6.07) is 9.50. The second-order valence-corrected chi connectivity index (χ2v) is 5.94. The van der Waals surface area contributed by atoms with Gasteiger partial charge in [-0.2, -0.15) is 0 Å². The number of hydrogen-bond acceptors (Lipinski definition) is 3. The zero-order valence-corrected chi connectivity index (χ0v) is 13.7. The number of amides is 1. The highest BCUT2D eigenvalue weighted by molar-refractivity contribution is 7.99. The largest absolute Gasteiger partial charge is 0.495 e. The first-order valence-electron chi connectivity index (χ1n) is 6.96. The Morgan fingerprint density at radius 1 is 1.26 bits per heavy atom. The summed E-state index contributed by atoms with van der Waals surface area (Å²) < 4.78 is 31.8. The molecule has 0 radical (unpaired) electrons. The number of methoxy groups -OCH3 is 1. The molecule has 0 aliphatic heterocycles. The van der Waals surface area contributed by atoms with Crippen molar-refractivity contribution in [3.05, 3.63) is 59.2 Å². The lowest BCUT2D eigenvalue weighted by molar-refractivity contribution is -0.113. The summed E-state index contributed by atoms with van der Waals surface area (Å²) >= 11 is 1.21. The molecule has 0 aliphatic rings. The van der Waals surface area contributed by atoms with Crippen molar-refractivity contribution in [2.24, 2.45) is 0 Å². The van der Waals surface area contributed by atoms with Crippen LogP contribution in [-0.4, -0.2) is 18.8 Å². The smallest absolute Gasteiger partial charge is 0.234 e. The molecule has 0 aliphatic carbocycles. The molecule has 0 fully saturated rings. The first-order valence-corrected chi connectivity index (χ1v) is 8.12. The highest BCUT2D eigenvalue weighted by atomic mass is 32.2. The standard InChI is InChI=1S/C17H17F2NO2S/c1-11-6-7-15(22-2)14(8-11)20-16(21)10-23-9-12-4-3-5-13(18)17(12)19/h3-8H,9-10H2,1-2H3,(H,20,21). The van der Waals surface area contributed by atoms with Crippen LogP contribution in [0.3, 0.4) is 0 Å². The molecule has 0 aromatic heterocycles. The van der Waals surface area contributed by atoms with Crippen LogP contribution in [0.1, 0.15) is 11.1 Å². The van der Waals surface area contributed by atoms with Crippen LogP contribution in [0.5, 0.6) is 5.75 Å². The Labute approximate surface area is 138 Å². The minimum atomic E-state index is -0.878. The van der Waals surface area contributed by atoms with Crippen LogP contribution in [0.25, 0.3) is 0 Å². The molecule has 0 saturated heterocycles. The van der Waals surface area contributed by atoms with Crippen molar-refractivity contribution in [2.45, 2.75) is 12.7 Å². The van der Waals surface area contributed by atoms with E-state index in [2.05, 4.69) is 5.32 Å². The number of carbonyl (C=O) groups is 1. The van der Waals surface area contributed by atoms with E-state index >= 15 is 0 Å². The molecule has 2 aromatic carbocycles. The Balaban J connectivity index is 1.91. The predicted octanol–water partition coefficient (Wildman–Crippen LogP) is 4.15. The second-order valence-electron chi connectivity index (χ2n) is 4.96. The van der Waals surface area contributed by atoms with Crippen molar-refractivity contribution in [3.63, 3.8) is 0 Å². The second kappa shape index (κ2) is 7.97. The molecule has 0 bridgehead atoms.